The second kappa shape index (κ2) is 3.77. The van der Waals surface area contributed by atoms with E-state index >= 15 is 0 Å². The summed E-state index contributed by atoms with van der Waals surface area (Å²) < 4.78 is 0. The van der Waals surface area contributed by atoms with Crippen LogP contribution < -0.4 is 4.90 Å². The molecule has 1 N–H and O–H groups in total. The molecule has 82 valence electrons. The predicted octanol–water partition coefficient (Wildman–Crippen LogP) is 1.35. The Hall–Kier alpha value is -1.16. The number of nitrogens with zero attached hydrogens (tertiary/aromatic N) is 3. The van der Waals surface area contributed by atoms with Gasteiger partial charge in [0, 0.05) is 12.1 Å². The summed E-state index contributed by atoms with van der Waals surface area (Å²) in [5.41, 5.74) is 0.797. The highest BCUT2D eigenvalue weighted by Gasteiger charge is 2.32. The van der Waals surface area contributed by atoms with Crippen LogP contribution in [0.5, 0.6) is 0 Å². The van der Waals surface area contributed by atoms with E-state index in [-0.39, 0.29) is 12.1 Å². The van der Waals surface area contributed by atoms with E-state index in [9.17, 15) is 0 Å². The van der Waals surface area contributed by atoms with Gasteiger partial charge in [0.1, 0.15) is 5.82 Å². The molecule has 15 heavy (non-hydrogen) atoms. The third kappa shape index (κ3) is 1.95. The second-order valence-electron chi connectivity index (χ2n) is 4.59. The molecule has 2 heterocycles. The third-order valence-electron chi connectivity index (χ3n) is 3.03. The number of aliphatic hydroxyl groups is 1. The standard InChI is InChI=1S/C11H17N3O/c1-11(2)4-3-5-14(11)10-7-12-9(8-15)6-13-10/h6-7,15H,3-5,8H2,1-2H3. The minimum atomic E-state index is -0.0450. The summed E-state index contributed by atoms with van der Waals surface area (Å²) >= 11 is 0. The highest BCUT2D eigenvalue weighted by atomic mass is 16.3. The first-order valence-electron chi connectivity index (χ1n) is 5.33. The fourth-order valence-electron chi connectivity index (χ4n) is 2.10. The lowest BCUT2D eigenvalue weighted by atomic mass is 10.0. The van der Waals surface area contributed by atoms with Gasteiger partial charge in [0.05, 0.1) is 24.7 Å². The maximum absolute atomic E-state index is 8.88. The van der Waals surface area contributed by atoms with Gasteiger partial charge in [0.2, 0.25) is 0 Å². The van der Waals surface area contributed by atoms with Crippen LogP contribution in [0.4, 0.5) is 5.82 Å². The molecule has 1 fully saturated rings. The number of hydrogen-bond donors (Lipinski definition) is 1. The fourth-order valence-corrected chi connectivity index (χ4v) is 2.10. The average Bonchev–Trinajstić information content (AvgIpc) is 2.58. The lowest BCUT2D eigenvalue weighted by molar-refractivity contribution is 0.276. The van der Waals surface area contributed by atoms with E-state index in [1.54, 1.807) is 12.4 Å². The van der Waals surface area contributed by atoms with Crippen LogP contribution in [0.25, 0.3) is 0 Å². The number of hydrogen-bond acceptors (Lipinski definition) is 4. The molecule has 1 aliphatic rings. The molecule has 0 bridgehead atoms. The Morgan fingerprint density at radius 2 is 2.20 bits per heavy atom. The van der Waals surface area contributed by atoms with Crippen LogP contribution in [0.3, 0.4) is 0 Å². The van der Waals surface area contributed by atoms with Crippen LogP contribution in [-0.4, -0.2) is 27.2 Å². The van der Waals surface area contributed by atoms with Crippen LogP contribution >= 0.6 is 0 Å². The molecule has 2 rings (SSSR count). The van der Waals surface area contributed by atoms with E-state index in [0.29, 0.717) is 5.69 Å². The van der Waals surface area contributed by atoms with Crippen molar-refractivity contribution in [2.75, 3.05) is 11.4 Å². The Morgan fingerprint density at radius 1 is 1.40 bits per heavy atom. The molecule has 0 unspecified atom stereocenters. The van der Waals surface area contributed by atoms with Crippen molar-refractivity contribution < 1.29 is 5.11 Å². The Labute approximate surface area is 90.0 Å². The summed E-state index contributed by atoms with van der Waals surface area (Å²) in [5.74, 6) is 0.912. The Balaban J connectivity index is 2.22. The molecule has 0 spiro atoms. The van der Waals surface area contributed by atoms with E-state index in [1.165, 1.54) is 12.8 Å². The maximum Gasteiger partial charge on any atom is 0.147 e. The van der Waals surface area contributed by atoms with Gasteiger partial charge < -0.3 is 10.0 Å². The molecule has 0 radical (unpaired) electrons. The Bertz CT molecular complexity index is 334. The molecule has 0 saturated carbocycles. The minimum Gasteiger partial charge on any atom is -0.390 e. The van der Waals surface area contributed by atoms with Gasteiger partial charge in [-0.15, -0.1) is 0 Å². The van der Waals surface area contributed by atoms with Gasteiger partial charge in [-0.2, -0.15) is 0 Å². The first-order valence-corrected chi connectivity index (χ1v) is 5.33. The summed E-state index contributed by atoms with van der Waals surface area (Å²) in [7, 11) is 0. The van der Waals surface area contributed by atoms with Crippen LogP contribution in [0, 0.1) is 0 Å². The van der Waals surface area contributed by atoms with Crippen LogP contribution in [-0.2, 0) is 6.61 Å². The fraction of sp³-hybridized carbons (Fsp3) is 0.636. The lowest BCUT2D eigenvalue weighted by Crippen LogP contribution is -2.38. The van der Waals surface area contributed by atoms with Crippen molar-refractivity contribution in [3.05, 3.63) is 18.1 Å². The molecule has 0 aromatic carbocycles. The van der Waals surface area contributed by atoms with E-state index in [4.69, 9.17) is 5.11 Å². The highest BCUT2D eigenvalue weighted by Crippen LogP contribution is 2.31. The van der Waals surface area contributed by atoms with Crippen molar-refractivity contribution in [1.29, 1.82) is 0 Å². The summed E-state index contributed by atoms with van der Waals surface area (Å²) in [4.78, 5) is 10.8. The molecule has 0 amide bonds. The highest BCUT2D eigenvalue weighted by molar-refractivity contribution is 5.41. The Kier molecular flexibility index (Phi) is 2.61. The van der Waals surface area contributed by atoms with Crippen LogP contribution in [0.15, 0.2) is 12.4 Å². The SMILES string of the molecule is CC1(C)CCCN1c1cnc(CO)cn1. The van der Waals surface area contributed by atoms with Gasteiger partial charge in [-0.05, 0) is 26.7 Å². The van der Waals surface area contributed by atoms with Gasteiger partial charge in [0.15, 0.2) is 0 Å². The molecular formula is C11H17N3O. The van der Waals surface area contributed by atoms with Gasteiger partial charge in [-0.1, -0.05) is 0 Å². The molecule has 0 atom stereocenters. The number of aliphatic hydroxyl groups excluding tert-OH is 1. The molecule has 1 saturated heterocycles. The summed E-state index contributed by atoms with van der Waals surface area (Å²) in [5, 5.41) is 8.88. The van der Waals surface area contributed by atoms with Crippen LogP contribution in [0.1, 0.15) is 32.4 Å². The largest absolute Gasteiger partial charge is 0.390 e. The van der Waals surface area contributed by atoms with E-state index in [2.05, 4.69) is 28.7 Å². The predicted molar refractivity (Wildman–Crippen MR) is 58.6 cm³/mol. The number of anilines is 1. The van der Waals surface area contributed by atoms with Crippen molar-refractivity contribution in [3.8, 4) is 0 Å². The van der Waals surface area contributed by atoms with Crippen molar-refractivity contribution in [2.24, 2.45) is 0 Å². The molecule has 1 aromatic heterocycles. The topological polar surface area (TPSA) is 49.2 Å². The molecule has 1 aliphatic heterocycles. The monoisotopic (exact) mass is 207 g/mol. The third-order valence-corrected chi connectivity index (χ3v) is 3.03. The quantitative estimate of drug-likeness (QED) is 0.795. The molecule has 4 nitrogen and oxygen atoms in total. The zero-order valence-corrected chi connectivity index (χ0v) is 9.27. The van der Waals surface area contributed by atoms with Crippen molar-refractivity contribution >= 4 is 5.82 Å². The smallest absolute Gasteiger partial charge is 0.147 e. The zero-order valence-electron chi connectivity index (χ0n) is 9.27. The van der Waals surface area contributed by atoms with Gasteiger partial charge in [-0.3, -0.25) is 4.98 Å². The number of rotatable bonds is 2. The summed E-state index contributed by atoms with van der Waals surface area (Å²) in [6, 6.07) is 0. The lowest BCUT2D eigenvalue weighted by Gasteiger charge is -2.32. The number of aromatic nitrogens is 2. The molecule has 4 heteroatoms. The summed E-state index contributed by atoms with van der Waals surface area (Å²) in [6.45, 7) is 5.44. The van der Waals surface area contributed by atoms with Crippen molar-refractivity contribution in [3.63, 3.8) is 0 Å². The first-order chi connectivity index (χ1) is 7.13. The zero-order chi connectivity index (χ0) is 10.9. The van der Waals surface area contributed by atoms with Gasteiger partial charge in [0.25, 0.3) is 0 Å². The average molecular weight is 207 g/mol. The summed E-state index contributed by atoms with van der Waals surface area (Å²) in [6.07, 6.45) is 5.79. The maximum atomic E-state index is 8.88. The first kappa shape index (κ1) is 10.4. The van der Waals surface area contributed by atoms with Gasteiger partial charge >= 0.3 is 0 Å². The molecule has 1 aromatic rings. The second-order valence-corrected chi connectivity index (χ2v) is 4.59. The van der Waals surface area contributed by atoms with Crippen molar-refractivity contribution in [1.82, 2.24) is 9.97 Å². The molecule has 0 aliphatic carbocycles. The molecular weight excluding hydrogens is 190 g/mol. The Morgan fingerprint density at radius 3 is 2.67 bits per heavy atom. The normalized spacial score (nSPS) is 19.5. The van der Waals surface area contributed by atoms with Crippen molar-refractivity contribution in [2.45, 2.75) is 38.8 Å². The minimum absolute atomic E-state index is 0.0450. The van der Waals surface area contributed by atoms with Crippen LogP contribution in [0.2, 0.25) is 0 Å². The van der Waals surface area contributed by atoms with Gasteiger partial charge in [-0.25, -0.2) is 4.98 Å². The van der Waals surface area contributed by atoms with E-state index < -0.39 is 0 Å². The van der Waals surface area contributed by atoms with E-state index in [0.717, 1.165) is 12.4 Å². The van der Waals surface area contributed by atoms with E-state index in [1.807, 2.05) is 0 Å².